The molecule has 0 aromatic carbocycles. The molecule has 2 aromatic heterocycles. The van der Waals surface area contributed by atoms with Gasteiger partial charge in [-0.05, 0) is 34.7 Å². The minimum Gasteiger partial charge on any atom is -0.435 e. The molecule has 0 fully saturated rings. The van der Waals surface area contributed by atoms with E-state index >= 15 is 0 Å². The van der Waals surface area contributed by atoms with E-state index in [-0.39, 0.29) is 6.61 Å². The van der Waals surface area contributed by atoms with Crippen molar-refractivity contribution in [3.63, 3.8) is 0 Å². The van der Waals surface area contributed by atoms with E-state index in [1.165, 1.54) is 4.80 Å². The van der Waals surface area contributed by atoms with Gasteiger partial charge in [0.15, 0.2) is 0 Å². The Morgan fingerprint density at radius 1 is 1.43 bits per heavy atom. The molecule has 0 radical (unpaired) electrons. The molecule has 114 valence electrons. The lowest BCUT2D eigenvalue weighted by atomic mass is 10.4. The number of hydrogen-bond donors (Lipinski definition) is 0. The summed E-state index contributed by atoms with van der Waals surface area (Å²) in [6, 6.07) is 0. The molecule has 0 bridgehead atoms. The summed E-state index contributed by atoms with van der Waals surface area (Å²) in [5.41, 5.74) is 0.824. The van der Waals surface area contributed by atoms with Crippen LogP contribution in [0, 0.1) is 3.57 Å². The summed E-state index contributed by atoms with van der Waals surface area (Å²) < 4.78 is 12.2. The Bertz CT molecular complexity index is 591. The zero-order valence-corrected chi connectivity index (χ0v) is 13.8. The van der Waals surface area contributed by atoms with Gasteiger partial charge in [0.05, 0.1) is 29.5 Å². The van der Waals surface area contributed by atoms with Gasteiger partial charge in [0.2, 0.25) is 5.82 Å². The lowest BCUT2D eigenvalue weighted by Gasteiger charge is -2.03. The van der Waals surface area contributed by atoms with Crippen molar-refractivity contribution < 1.29 is 14.3 Å². The van der Waals surface area contributed by atoms with Crippen LogP contribution >= 0.6 is 22.6 Å². The van der Waals surface area contributed by atoms with Crippen LogP contribution in [0.3, 0.4) is 0 Å². The first kappa shape index (κ1) is 15.7. The van der Waals surface area contributed by atoms with E-state index in [9.17, 15) is 4.79 Å². The van der Waals surface area contributed by atoms with E-state index in [4.69, 9.17) is 4.74 Å². The van der Waals surface area contributed by atoms with Gasteiger partial charge >= 0.3 is 6.16 Å². The standard InChI is InChI=1S/C11H15IN6O3/c1-3-20-11(19)21-6-4-5-18-15-10(14-16-18)9-8(12)7-13-17(9)2/h7H,3-6H2,1-2H3. The van der Waals surface area contributed by atoms with Crippen LogP contribution < -0.4 is 0 Å². The van der Waals surface area contributed by atoms with Gasteiger partial charge in [-0.3, -0.25) is 4.68 Å². The minimum absolute atomic E-state index is 0.249. The van der Waals surface area contributed by atoms with E-state index in [1.54, 1.807) is 17.8 Å². The molecular weight excluding hydrogens is 391 g/mol. The third-order valence-electron chi connectivity index (χ3n) is 2.54. The molecule has 0 aliphatic heterocycles. The first-order valence-electron chi connectivity index (χ1n) is 6.37. The third-order valence-corrected chi connectivity index (χ3v) is 3.33. The number of aryl methyl sites for hydroxylation is 2. The maximum Gasteiger partial charge on any atom is 0.508 e. The van der Waals surface area contributed by atoms with E-state index in [1.807, 2.05) is 7.05 Å². The second kappa shape index (κ2) is 7.33. The van der Waals surface area contributed by atoms with Gasteiger partial charge in [-0.2, -0.15) is 9.90 Å². The van der Waals surface area contributed by atoms with E-state index in [0.29, 0.717) is 25.4 Å². The minimum atomic E-state index is -0.658. The summed E-state index contributed by atoms with van der Waals surface area (Å²) in [6.07, 6.45) is 1.66. The van der Waals surface area contributed by atoms with Crippen molar-refractivity contribution in [2.45, 2.75) is 19.9 Å². The summed E-state index contributed by atoms with van der Waals surface area (Å²) in [4.78, 5) is 12.4. The van der Waals surface area contributed by atoms with Crippen molar-refractivity contribution >= 4 is 28.7 Å². The summed E-state index contributed by atoms with van der Waals surface area (Å²) in [7, 11) is 1.82. The lowest BCUT2D eigenvalue weighted by molar-refractivity contribution is 0.0571. The van der Waals surface area contributed by atoms with Gasteiger partial charge in [-0.1, -0.05) is 0 Å². The zero-order valence-electron chi connectivity index (χ0n) is 11.7. The molecule has 0 saturated heterocycles. The molecule has 2 rings (SSSR count). The van der Waals surface area contributed by atoms with Crippen molar-refractivity contribution in [1.82, 2.24) is 30.0 Å². The molecule has 21 heavy (non-hydrogen) atoms. The van der Waals surface area contributed by atoms with Gasteiger partial charge < -0.3 is 9.47 Å². The number of aromatic nitrogens is 6. The van der Waals surface area contributed by atoms with Crippen LogP contribution in [-0.4, -0.2) is 49.4 Å². The fraction of sp³-hybridized carbons (Fsp3) is 0.545. The topological polar surface area (TPSA) is 97.0 Å². The number of hydrogen-bond acceptors (Lipinski definition) is 7. The highest BCUT2D eigenvalue weighted by atomic mass is 127. The van der Waals surface area contributed by atoms with Crippen molar-refractivity contribution in [2.24, 2.45) is 7.05 Å². The van der Waals surface area contributed by atoms with E-state index < -0.39 is 6.16 Å². The van der Waals surface area contributed by atoms with Crippen molar-refractivity contribution in [3.05, 3.63) is 9.77 Å². The van der Waals surface area contributed by atoms with Crippen molar-refractivity contribution in [1.29, 1.82) is 0 Å². The second-order valence-electron chi connectivity index (χ2n) is 4.06. The fourth-order valence-corrected chi connectivity index (χ4v) is 2.33. The molecule has 0 aliphatic rings. The third kappa shape index (κ3) is 4.12. The molecular formula is C11H15IN6O3. The maximum absolute atomic E-state index is 11.0. The van der Waals surface area contributed by atoms with Crippen LogP contribution in [0.15, 0.2) is 6.20 Å². The Morgan fingerprint density at radius 2 is 2.24 bits per heavy atom. The zero-order chi connectivity index (χ0) is 15.2. The molecule has 2 aromatic rings. The Hall–Kier alpha value is -1.72. The number of carbonyl (C=O) groups is 1. The van der Waals surface area contributed by atoms with Crippen LogP contribution in [0.1, 0.15) is 13.3 Å². The molecule has 0 unspecified atom stereocenters. The SMILES string of the molecule is CCOC(=O)OCCCn1nnc(-c2c(I)cnn2C)n1. The Kier molecular flexibility index (Phi) is 5.47. The van der Waals surface area contributed by atoms with Gasteiger partial charge in [-0.25, -0.2) is 4.79 Å². The van der Waals surface area contributed by atoms with Crippen LogP contribution in [0.5, 0.6) is 0 Å². The van der Waals surface area contributed by atoms with E-state index in [2.05, 4.69) is 47.8 Å². The van der Waals surface area contributed by atoms with Gasteiger partial charge in [-0.15, -0.1) is 10.2 Å². The number of carbonyl (C=O) groups excluding carboxylic acids is 1. The highest BCUT2D eigenvalue weighted by Gasteiger charge is 2.14. The number of tetrazole rings is 1. The molecule has 0 aliphatic carbocycles. The quantitative estimate of drug-likeness (QED) is 0.405. The predicted molar refractivity (Wildman–Crippen MR) is 80.3 cm³/mol. The van der Waals surface area contributed by atoms with Crippen LogP contribution in [0.25, 0.3) is 11.5 Å². The normalized spacial score (nSPS) is 10.6. The number of halogens is 1. The van der Waals surface area contributed by atoms with Crippen LogP contribution in [-0.2, 0) is 23.1 Å². The molecule has 0 amide bonds. The molecule has 2 heterocycles. The Balaban J connectivity index is 1.85. The molecule has 10 heteroatoms. The predicted octanol–water partition coefficient (Wildman–Crippen LogP) is 1.24. The molecule has 9 nitrogen and oxygen atoms in total. The molecule has 0 spiro atoms. The maximum atomic E-state index is 11.0. The number of ether oxygens (including phenoxy) is 2. The van der Waals surface area contributed by atoms with Gasteiger partial charge in [0.1, 0.15) is 5.69 Å². The Morgan fingerprint density at radius 3 is 2.90 bits per heavy atom. The summed E-state index contributed by atoms with van der Waals surface area (Å²) in [6.45, 7) is 2.78. The first-order valence-corrected chi connectivity index (χ1v) is 7.45. The van der Waals surface area contributed by atoms with Crippen molar-refractivity contribution in [2.75, 3.05) is 13.2 Å². The van der Waals surface area contributed by atoms with Gasteiger partial charge in [0.25, 0.3) is 0 Å². The lowest BCUT2D eigenvalue weighted by Crippen LogP contribution is -2.11. The highest BCUT2D eigenvalue weighted by molar-refractivity contribution is 14.1. The summed E-state index contributed by atoms with van der Waals surface area (Å²) in [5, 5.41) is 16.4. The largest absolute Gasteiger partial charge is 0.508 e. The summed E-state index contributed by atoms with van der Waals surface area (Å²) in [5.74, 6) is 0.519. The smallest absolute Gasteiger partial charge is 0.435 e. The van der Waals surface area contributed by atoms with E-state index in [0.717, 1.165) is 9.26 Å². The number of nitrogens with zero attached hydrogens (tertiary/aromatic N) is 6. The fourth-order valence-electron chi connectivity index (χ4n) is 1.62. The number of rotatable bonds is 6. The van der Waals surface area contributed by atoms with Crippen molar-refractivity contribution in [3.8, 4) is 11.5 Å². The molecule has 0 atom stereocenters. The van der Waals surface area contributed by atoms with Gasteiger partial charge in [0, 0.05) is 13.5 Å². The molecule has 0 saturated carbocycles. The van der Waals surface area contributed by atoms with Crippen LogP contribution in [0.4, 0.5) is 4.79 Å². The summed E-state index contributed by atoms with van der Waals surface area (Å²) >= 11 is 2.17. The average molecular weight is 406 g/mol. The Labute approximate surface area is 134 Å². The monoisotopic (exact) mass is 406 g/mol. The molecule has 0 N–H and O–H groups in total. The first-order chi connectivity index (χ1) is 10.1. The highest BCUT2D eigenvalue weighted by Crippen LogP contribution is 2.19. The van der Waals surface area contributed by atoms with Crippen LogP contribution in [0.2, 0.25) is 0 Å². The average Bonchev–Trinajstić information content (AvgIpc) is 3.02. The second-order valence-corrected chi connectivity index (χ2v) is 5.22.